The second kappa shape index (κ2) is 15.0. The number of allylic oxidation sites excluding steroid dienone is 4. The lowest BCUT2D eigenvalue weighted by molar-refractivity contribution is 0.936. The first kappa shape index (κ1) is 23.3. The van der Waals surface area contributed by atoms with Gasteiger partial charge >= 0.3 is 0 Å². The Labute approximate surface area is 184 Å². The normalized spacial score (nSPS) is 10.6. The smallest absolute Gasteiger partial charge is 0.0255 e. The van der Waals surface area contributed by atoms with Gasteiger partial charge < -0.3 is 0 Å². The maximum Gasteiger partial charge on any atom is 0.0255 e. The summed E-state index contributed by atoms with van der Waals surface area (Å²) >= 11 is 0. The molecule has 0 aliphatic heterocycles. The third-order valence-electron chi connectivity index (χ3n) is 4.83. The minimum Gasteiger partial charge on any atom is -0.0885 e. The molecule has 0 saturated carbocycles. The van der Waals surface area contributed by atoms with Crippen molar-refractivity contribution in [2.45, 2.75) is 65.2 Å². The van der Waals surface area contributed by atoms with E-state index in [1.54, 1.807) is 0 Å². The quantitative estimate of drug-likeness (QED) is 0.286. The Morgan fingerprint density at radius 2 is 0.900 bits per heavy atom. The van der Waals surface area contributed by atoms with Gasteiger partial charge in [-0.05, 0) is 85.8 Å². The lowest BCUT2D eigenvalue weighted by Gasteiger charge is -1.98. The first-order valence-corrected chi connectivity index (χ1v) is 11.3. The molecule has 0 saturated heterocycles. The van der Waals surface area contributed by atoms with Crippen LogP contribution in [-0.4, -0.2) is 0 Å². The van der Waals surface area contributed by atoms with Crippen LogP contribution in [0.25, 0.3) is 0 Å². The minimum absolute atomic E-state index is 1.01. The zero-order valence-electron chi connectivity index (χ0n) is 18.6. The second-order valence-corrected chi connectivity index (χ2v) is 7.49. The molecule has 0 fully saturated rings. The monoisotopic (exact) mass is 394 g/mol. The Balaban J connectivity index is 1.80. The molecule has 2 rings (SSSR count). The van der Waals surface area contributed by atoms with Crippen LogP contribution in [0.4, 0.5) is 0 Å². The highest BCUT2D eigenvalue weighted by Crippen LogP contribution is 2.08. The molecule has 0 bridgehead atoms. The van der Waals surface area contributed by atoms with Crippen molar-refractivity contribution in [3.05, 3.63) is 95.1 Å². The van der Waals surface area contributed by atoms with Crippen LogP contribution in [0, 0.1) is 23.7 Å². The molecule has 0 aliphatic carbocycles. The van der Waals surface area contributed by atoms with Crippen LogP contribution in [0.2, 0.25) is 0 Å². The summed E-state index contributed by atoms with van der Waals surface area (Å²) in [6.07, 6.45) is 18.3. The van der Waals surface area contributed by atoms with Crippen molar-refractivity contribution in [2.24, 2.45) is 0 Å². The third-order valence-corrected chi connectivity index (χ3v) is 4.83. The summed E-state index contributed by atoms with van der Waals surface area (Å²) in [7, 11) is 0. The van der Waals surface area contributed by atoms with Gasteiger partial charge in [0.1, 0.15) is 0 Å². The van der Waals surface area contributed by atoms with E-state index >= 15 is 0 Å². The van der Waals surface area contributed by atoms with Crippen molar-refractivity contribution in [3.63, 3.8) is 0 Å². The van der Waals surface area contributed by atoms with E-state index < -0.39 is 0 Å². The van der Waals surface area contributed by atoms with Crippen molar-refractivity contribution in [1.29, 1.82) is 0 Å². The predicted octanol–water partition coefficient (Wildman–Crippen LogP) is 7.67. The van der Waals surface area contributed by atoms with E-state index in [-0.39, 0.29) is 0 Å². The molecule has 2 aromatic rings. The molecular formula is C30H34. The van der Waals surface area contributed by atoms with Gasteiger partial charge in [0.05, 0.1) is 0 Å². The molecule has 2 aromatic carbocycles. The Bertz CT molecular complexity index is 821. The predicted molar refractivity (Wildman–Crippen MR) is 131 cm³/mol. The molecule has 0 aliphatic rings. The maximum absolute atomic E-state index is 3.14. The van der Waals surface area contributed by atoms with Gasteiger partial charge in [0.2, 0.25) is 0 Å². The van der Waals surface area contributed by atoms with Gasteiger partial charge in [0, 0.05) is 11.1 Å². The molecular weight excluding hydrogens is 360 g/mol. The molecule has 0 spiro atoms. The number of hydrogen-bond acceptors (Lipinski definition) is 0. The molecule has 0 aromatic heterocycles. The number of hydrogen-bond donors (Lipinski definition) is 0. The summed E-state index contributed by atoms with van der Waals surface area (Å²) in [5.41, 5.74) is 4.74. The Morgan fingerprint density at radius 3 is 1.27 bits per heavy atom. The largest absolute Gasteiger partial charge is 0.0885 e. The van der Waals surface area contributed by atoms with Gasteiger partial charge in [0.15, 0.2) is 0 Å². The van der Waals surface area contributed by atoms with E-state index in [0.29, 0.717) is 0 Å². The maximum atomic E-state index is 3.14. The Kier molecular flexibility index (Phi) is 11.6. The lowest BCUT2D eigenvalue weighted by Crippen LogP contribution is -1.84. The lowest BCUT2D eigenvalue weighted by atomic mass is 10.1. The summed E-state index contributed by atoms with van der Waals surface area (Å²) in [5.74, 6) is 12.2. The van der Waals surface area contributed by atoms with Crippen LogP contribution in [0.5, 0.6) is 0 Å². The number of unbranched alkanes of at least 4 members (excludes halogenated alkanes) is 2. The fraction of sp³-hybridized carbons (Fsp3) is 0.333. The fourth-order valence-electron chi connectivity index (χ4n) is 3.02. The molecule has 30 heavy (non-hydrogen) atoms. The summed E-state index contributed by atoms with van der Waals surface area (Å²) in [6, 6.07) is 17.0. The van der Waals surface area contributed by atoms with E-state index in [9.17, 15) is 0 Å². The van der Waals surface area contributed by atoms with Gasteiger partial charge in [-0.15, -0.1) is 0 Å². The molecule has 0 radical (unpaired) electrons. The third kappa shape index (κ3) is 10.0. The van der Waals surface area contributed by atoms with E-state index in [4.69, 9.17) is 0 Å². The molecule has 0 unspecified atom stereocenters. The van der Waals surface area contributed by atoms with E-state index in [0.717, 1.165) is 36.8 Å². The van der Waals surface area contributed by atoms with Gasteiger partial charge in [0.25, 0.3) is 0 Å². The van der Waals surface area contributed by atoms with Crippen LogP contribution in [0.3, 0.4) is 0 Å². The van der Waals surface area contributed by atoms with Crippen LogP contribution in [0.15, 0.2) is 72.8 Å². The summed E-state index contributed by atoms with van der Waals surface area (Å²) in [6.45, 7) is 4.42. The zero-order chi connectivity index (χ0) is 21.3. The highest BCUT2D eigenvalue weighted by Gasteiger charge is 1.93. The van der Waals surface area contributed by atoms with Gasteiger partial charge in [-0.3, -0.25) is 0 Å². The first-order chi connectivity index (χ1) is 14.8. The number of aryl methyl sites for hydroxylation is 2. The highest BCUT2D eigenvalue weighted by molar-refractivity contribution is 5.45. The van der Waals surface area contributed by atoms with Gasteiger partial charge in [-0.1, -0.05) is 87.1 Å². The van der Waals surface area contributed by atoms with E-state index in [1.165, 1.54) is 36.8 Å². The topological polar surface area (TPSA) is 0 Å². The molecule has 0 heterocycles. The SMILES string of the molecule is CCC/C=C/CCc1ccc(C#CC#Cc2ccc(CC/C=C/CCC)cc2)cc1. The highest BCUT2D eigenvalue weighted by atomic mass is 14.0. The second-order valence-electron chi connectivity index (χ2n) is 7.49. The van der Waals surface area contributed by atoms with Crippen molar-refractivity contribution < 1.29 is 0 Å². The van der Waals surface area contributed by atoms with Gasteiger partial charge in [-0.25, -0.2) is 0 Å². The summed E-state index contributed by atoms with van der Waals surface area (Å²) in [5, 5.41) is 0. The average molecular weight is 395 g/mol. The molecule has 154 valence electrons. The van der Waals surface area contributed by atoms with Crippen molar-refractivity contribution in [2.75, 3.05) is 0 Å². The molecule has 0 amide bonds. The zero-order valence-corrected chi connectivity index (χ0v) is 18.6. The number of rotatable bonds is 10. The van der Waals surface area contributed by atoms with Crippen LogP contribution >= 0.6 is 0 Å². The average Bonchev–Trinajstić information content (AvgIpc) is 2.78. The van der Waals surface area contributed by atoms with E-state index in [1.807, 2.05) is 0 Å². The van der Waals surface area contributed by atoms with Crippen molar-refractivity contribution in [3.8, 4) is 23.7 Å². The molecule has 0 nitrogen and oxygen atoms in total. The van der Waals surface area contributed by atoms with Crippen molar-refractivity contribution >= 4 is 0 Å². The van der Waals surface area contributed by atoms with Gasteiger partial charge in [-0.2, -0.15) is 0 Å². The first-order valence-electron chi connectivity index (χ1n) is 11.3. The standard InChI is InChI=1S/C30H34/c1-3-5-7-9-11-15-27-19-23-29(24-20-27)17-13-14-18-30-25-21-28(22-26-30)16-12-10-8-6-4-2/h7-10,19-26H,3-6,11-12,15-16H2,1-2H3/b9-7+,10-8+. The molecule has 0 N–H and O–H groups in total. The van der Waals surface area contributed by atoms with Crippen LogP contribution < -0.4 is 0 Å². The van der Waals surface area contributed by atoms with Crippen LogP contribution in [0.1, 0.15) is 74.6 Å². The summed E-state index contributed by atoms with van der Waals surface area (Å²) < 4.78 is 0. The summed E-state index contributed by atoms with van der Waals surface area (Å²) in [4.78, 5) is 0. The Hall–Kier alpha value is -2.96. The fourth-order valence-corrected chi connectivity index (χ4v) is 3.02. The molecule has 0 heteroatoms. The molecule has 0 atom stereocenters. The van der Waals surface area contributed by atoms with Crippen LogP contribution in [-0.2, 0) is 12.8 Å². The minimum atomic E-state index is 1.01. The number of benzene rings is 2. The van der Waals surface area contributed by atoms with E-state index in [2.05, 4.69) is 110 Å². The Morgan fingerprint density at radius 1 is 0.533 bits per heavy atom. The van der Waals surface area contributed by atoms with Crippen molar-refractivity contribution in [1.82, 2.24) is 0 Å².